The van der Waals surface area contributed by atoms with E-state index in [9.17, 15) is 19.6 Å². The molecule has 9 nitrogen and oxygen atoms in total. The Kier molecular flexibility index (Phi) is 10.8. The molecule has 178 valence electrons. The molecule has 0 aromatic heterocycles. The van der Waals surface area contributed by atoms with Crippen LogP contribution in [0.3, 0.4) is 0 Å². The SMILES string of the molecule is CC(C)CN(CC(=O)N(CC(C)C)/N=C/c1ccccc1B(O)O)NC(=O)OC(C)(C)C. The Bertz CT molecular complexity index is 778. The summed E-state index contributed by atoms with van der Waals surface area (Å²) in [6.07, 6.45) is 0.805. The van der Waals surface area contributed by atoms with Gasteiger partial charge in [-0.3, -0.25) is 10.2 Å². The standard InChI is InChI=1S/C22H37BN4O5/c1-16(2)13-26(25-21(29)32-22(5,6)7)15-20(28)27(14-17(3)4)24-12-18-10-8-9-11-19(18)23(30)31/h8-12,16-17,30-31H,13-15H2,1-7H3,(H,25,29)/b24-12+. The highest BCUT2D eigenvalue weighted by Gasteiger charge is 2.23. The largest absolute Gasteiger partial charge is 0.489 e. The Labute approximate surface area is 191 Å². The van der Waals surface area contributed by atoms with Crippen molar-refractivity contribution in [2.75, 3.05) is 19.6 Å². The van der Waals surface area contributed by atoms with E-state index in [-0.39, 0.29) is 24.3 Å². The first-order valence-electron chi connectivity index (χ1n) is 10.8. The van der Waals surface area contributed by atoms with Gasteiger partial charge in [-0.25, -0.2) is 14.8 Å². The number of nitrogens with zero attached hydrogens (tertiary/aromatic N) is 3. The van der Waals surface area contributed by atoms with E-state index in [1.807, 2.05) is 27.7 Å². The van der Waals surface area contributed by atoms with Crippen molar-refractivity contribution in [3.8, 4) is 0 Å². The third-order valence-corrected chi connectivity index (χ3v) is 4.00. The van der Waals surface area contributed by atoms with Crippen LogP contribution in [0.1, 0.15) is 54.0 Å². The molecule has 0 fully saturated rings. The van der Waals surface area contributed by atoms with Crippen LogP contribution < -0.4 is 10.9 Å². The quantitative estimate of drug-likeness (QED) is 0.285. The lowest BCUT2D eigenvalue weighted by Crippen LogP contribution is -2.50. The summed E-state index contributed by atoms with van der Waals surface area (Å²) >= 11 is 0. The molecule has 0 radical (unpaired) electrons. The van der Waals surface area contributed by atoms with Crippen LogP contribution in [0, 0.1) is 11.8 Å². The first kappa shape index (κ1) is 27.6. The third kappa shape index (κ3) is 10.7. The van der Waals surface area contributed by atoms with Gasteiger partial charge in [0.2, 0.25) is 0 Å². The maximum atomic E-state index is 13.1. The summed E-state index contributed by atoms with van der Waals surface area (Å²) in [5, 5.41) is 26.3. The maximum absolute atomic E-state index is 13.1. The summed E-state index contributed by atoms with van der Waals surface area (Å²) in [6, 6.07) is 6.70. The van der Waals surface area contributed by atoms with Gasteiger partial charge in [0, 0.05) is 13.1 Å². The minimum Gasteiger partial charge on any atom is -0.443 e. The van der Waals surface area contributed by atoms with Crippen LogP contribution in [-0.2, 0) is 9.53 Å². The first-order valence-corrected chi connectivity index (χ1v) is 10.8. The fourth-order valence-corrected chi connectivity index (χ4v) is 2.82. The fourth-order valence-electron chi connectivity index (χ4n) is 2.82. The normalized spacial score (nSPS) is 12.0. The average molecular weight is 448 g/mol. The van der Waals surface area contributed by atoms with E-state index in [1.165, 1.54) is 16.2 Å². The average Bonchev–Trinajstić information content (AvgIpc) is 2.62. The highest BCUT2D eigenvalue weighted by Crippen LogP contribution is 2.08. The number of rotatable bonds is 10. The minimum atomic E-state index is -1.65. The predicted octanol–water partition coefficient (Wildman–Crippen LogP) is 1.58. The lowest BCUT2D eigenvalue weighted by atomic mass is 9.77. The molecule has 0 atom stereocenters. The molecule has 0 saturated carbocycles. The number of nitrogens with one attached hydrogen (secondary N) is 1. The zero-order valence-electron chi connectivity index (χ0n) is 20.2. The van der Waals surface area contributed by atoms with E-state index in [2.05, 4.69) is 10.5 Å². The van der Waals surface area contributed by atoms with E-state index in [0.29, 0.717) is 24.1 Å². The molecular formula is C22H37BN4O5. The van der Waals surface area contributed by atoms with Gasteiger partial charge in [-0.1, -0.05) is 52.0 Å². The van der Waals surface area contributed by atoms with E-state index in [4.69, 9.17) is 4.74 Å². The number of ether oxygens (including phenoxy) is 1. The molecule has 2 amide bonds. The molecule has 0 aliphatic carbocycles. The molecule has 0 unspecified atom stereocenters. The summed E-state index contributed by atoms with van der Waals surface area (Å²) in [4.78, 5) is 25.3. The predicted molar refractivity (Wildman–Crippen MR) is 126 cm³/mol. The number of amides is 2. The molecule has 0 aliphatic heterocycles. The van der Waals surface area contributed by atoms with Crippen molar-refractivity contribution >= 4 is 30.8 Å². The van der Waals surface area contributed by atoms with Gasteiger partial charge in [-0.2, -0.15) is 5.10 Å². The van der Waals surface area contributed by atoms with Crippen LogP contribution in [0.4, 0.5) is 4.79 Å². The van der Waals surface area contributed by atoms with Gasteiger partial charge in [-0.05, 0) is 43.6 Å². The Morgan fingerprint density at radius 2 is 1.72 bits per heavy atom. The van der Waals surface area contributed by atoms with Crippen molar-refractivity contribution in [1.29, 1.82) is 0 Å². The molecule has 0 saturated heterocycles. The highest BCUT2D eigenvalue weighted by atomic mass is 16.6. The Morgan fingerprint density at radius 3 is 2.25 bits per heavy atom. The summed E-state index contributed by atoms with van der Waals surface area (Å²) in [5.41, 5.74) is 2.78. The van der Waals surface area contributed by atoms with Gasteiger partial charge in [0.15, 0.2) is 0 Å². The van der Waals surface area contributed by atoms with Crippen molar-refractivity contribution < 1.29 is 24.4 Å². The first-order chi connectivity index (χ1) is 14.8. The molecule has 0 spiro atoms. The van der Waals surface area contributed by atoms with Crippen molar-refractivity contribution in [3.05, 3.63) is 29.8 Å². The highest BCUT2D eigenvalue weighted by molar-refractivity contribution is 6.60. The monoisotopic (exact) mass is 448 g/mol. The number of hydrogen-bond acceptors (Lipinski definition) is 7. The van der Waals surface area contributed by atoms with Gasteiger partial charge < -0.3 is 14.8 Å². The summed E-state index contributed by atoms with van der Waals surface area (Å²) in [6.45, 7) is 13.9. The Balaban J connectivity index is 3.02. The maximum Gasteiger partial charge on any atom is 0.489 e. The molecule has 3 N–H and O–H groups in total. The van der Waals surface area contributed by atoms with E-state index < -0.39 is 18.8 Å². The number of hydrazine groups is 1. The van der Waals surface area contributed by atoms with E-state index in [1.54, 1.807) is 45.0 Å². The van der Waals surface area contributed by atoms with Crippen molar-refractivity contribution in [1.82, 2.24) is 15.4 Å². The van der Waals surface area contributed by atoms with E-state index in [0.717, 1.165) is 0 Å². The Hall–Kier alpha value is -2.43. The number of hydrazone groups is 1. The number of carbonyl (C=O) groups is 2. The number of benzene rings is 1. The fraction of sp³-hybridized carbons (Fsp3) is 0.591. The smallest absolute Gasteiger partial charge is 0.443 e. The van der Waals surface area contributed by atoms with Crippen LogP contribution in [0.2, 0.25) is 0 Å². The summed E-state index contributed by atoms with van der Waals surface area (Å²) in [7, 11) is -1.65. The van der Waals surface area contributed by atoms with Gasteiger partial charge in [0.25, 0.3) is 5.91 Å². The molecule has 0 heterocycles. The van der Waals surface area contributed by atoms with Gasteiger partial charge in [-0.15, -0.1) is 0 Å². The van der Waals surface area contributed by atoms with Crippen LogP contribution >= 0.6 is 0 Å². The van der Waals surface area contributed by atoms with Gasteiger partial charge in [0.05, 0.1) is 12.8 Å². The second-order valence-corrected chi connectivity index (χ2v) is 9.50. The number of hydrogen-bond donors (Lipinski definition) is 3. The third-order valence-electron chi connectivity index (χ3n) is 4.00. The van der Waals surface area contributed by atoms with Gasteiger partial charge >= 0.3 is 13.2 Å². The zero-order valence-corrected chi connectivity index (χ0v) is 20.2. The van der Waals surface area contributed by atoms with Crippen molar-refractivity contribution in [2.24, 2.45) is 16.9 Å². The second-order valence-electron chi connectivity index (χ2n) is 9.50. The van der Waals surface area contributed by atoms with E-state index >= 15 is 0 Å². The zero-order chi connectivity index (χ0) is 24.5. The second kappa shape index (κ2) is 12.6. The van der Waals surface area contributed by atoms with Crippen LogP contribution in [0.5, 0.6) is 0 Å². The summed E-state index contributed by atoms with van der Waals surface area (Å²) in [5.74, 6) is 0.0264. The molecule has 1 aromatic carbocycles. The molecule has 1 aromatic rings. The van der Waals surface area contributed by atoms with Crippen molar-refractivity contribution in [3.63, 3.8) is 0 Å². The number of carbonyl (C=O) groups excluding carboxylic acids is 2. The van der Waals surface area contributed by atoms with Crippen LogP contribution in [-0.4, -0.2) is 70.6 Å². The molecule has 10 heteroatoms. The van der Waals surface area contributed by atoms with Crippen molar-refractivity contribution in [2.45, 2.75) is 54.1 Å². The Morgan fingerprint density at radius 1 is 1.12 bits per heavy atom. The molecular weight excluding hydrogens is 411 g/mol. The molecule has 0 aliphatic rings. The molecule has 0 bridgehead atoms. The molecule has 32 heavy (non-hydrogen) atoms. The lowest BCUT2D eigenvalue weighted by Gasteiger charge is -2.28. The minimum absolute atomic E-state index is 0.0915. The van der Waals surface area contributed by atoms with Gasteiger partial charge in [0.1, 0.15) is 5.60 Å². The molecule has 1 rings (SSSR count). The topological polar surface area (TPSA) is 115 Å². The lowest BCUT2D eigenvalue weighted by molar-refractivity contribution is -0.133. The van der Waals surface area contributed by atoms with Crippen LogP contribution in [0.15, 0.2) is 29.4 Å². The summed E-state index contributed by atoms with van der Waals surface area (Å²) < 4.78 is 5.30. The van der Waals surface area contributed by atoms with Crippen LogP contribution in [0.25, 0.3) is 0 Å².